The van der Waals surface area contributed by atoms with Gasteiger partial charge in [0.1, 0.15) is 23.7 Å². The third-order valence-electron chi connectivity index (χ3n) is 4.18. The van der Waals surface area contributed by atoms with Gasteiger partial charge in [0.25, 0.3) is 5.69 Å². The SMILES string of the molecule is CCOc1cc2c(cc1CNc1ccc([N+](=O)[O-])cc1C#N)O[C@H](C)C2. The Morgan fingerprint density at radius 2 is 2.23 bits per heavy atom. The Balaban J connectivity index is 1.85. The molecule has 0 unspecified atom stereocenters. The minimum Gasteiger partial charge on any atom is -0.494 e. The first kappa shape index (κ1) is 17.5. The van der Waals surface area contributed by atoms with Gasteiger partial charge in [-0.1, -0.05) is 0 Å². The summed E-state index contributed by atoms with van der Waals surface area (Å²) in [4.78, 5) is 10.3. The Bertz CT molecular complexity index is 889. The van der Waals surface area contributed by atoms with Crippen molar-refractivity contribution in [3.63, 3.8) is 0 Å². The smallest absolute Gasteiger partial charge is 0.270 e. The fourth-order valence-corrected chi connectivity index (χ4v) is 2.99. The van der Waals surface area contributed by atoms with Crippen LogP contribution in [0.1, 0.15) is 30.5 Å². The quantitative estimate of drug-likeness (QED) is 0.626. The van der Waals surface area contributed by atoms with Crippen molar-refractivity contribution in [1.82, 2.24) is 0 Å². The van der Waals surface area contributed by atoms with Crippen molar-refractivity contribution >= 4 is 11.4 Å². The summed E-state index contributed by atoms with van der Waals surface area (Å²) < 4.78 is 11.6. The zero-order valence-electron chi connectivity index (χ0n) is 14.6. The summed E-state index contributed by atoms with van der Waals surface area (Å²) in [7, 11) is 0. The second-order valence-corrected chi connectivity index (χ2v) is 6.09. The van der Waals surface area contributed by atoms with Crippen molar-refractivity contribution < 1.29 is 14.4 Å². The fraction of sp³-hybridized carbons (Fsp3) is 0.316. The number of nitriles is 1. The van der Waals surface area contributed by atoms with E-state index in [2.05, 4.69) is 5.32 Å². The highest BCUT2D eigenvalue weighted by Crippen LogP contribution is 2.35. The van der Waals surface area contributed by atoms with Gasteiger partial charge in [-0.2, -0.15) is 5.26 Å². The standard InChI is InChI=1S/C19H19N3O4/c1-3-25-18-8-13-6-12(2)26-19(13)9-15(18)11-21-17-5-4-16(22(23)24)7-14(17)10-20/h4-5,7-9,12,21H,3,6,11H2,1-2H3/t12-/m1/s1. The fourth-order valence-electron chi connectivity index (χ4n) is 2.99. The molecule has 0 radical (unpaired) electrons. The zero-order valence-corrected chi connectivity index (χ0v) is 14.6. The van der Waals surface area contributed by atoms with E-state index in [1.807, 2.05) is 32.0 Å². The van der Waals surface area contributed by atoms with Crippen LogP contribution in [0.2, 0.25) is 0 Å². The number of nitrogens with zero attached hydrogens (tertiary/aromatic N) is 2. The molecule has 3 rings (SSSR count). The van der Waals surface area contributed by atoms with Crippen molar-refractivity contribution in [3.05, 3.63) is 57.1 Å². The van der Waals surface area contributed by atoms with Crippen molar-refractivity contribution in [3.8, 4) is 17.6 Å². The van der Waals surface area contributed by atoms with Gasteiger partial charge in [-0.15, -0.1) is 0 Å². The lowest BCUT2D eigenvalue weighted by atomic mass is 10.1. The molecule has 1 aliphatic heterocycles. The molecule has 0 aliphatic carbocycles. The van der Waals surface area contributed by atoms with Crippen LogP contribution >= 0.6 is 0 Å². The highest BCUT2D eigenvalue weighted by molar-refractivity contribution is 5.62. The molecule has 0 amide bonds. The van der Waals surface area contributed by atoms with Crippen molar-refractivity contribution in [2.24, 2.45) is 0 Å². The van der Waals surface area contributed by atoms with E-state index >= 15 is 0 Å². The monoisotopic (exact) mass is 353 g/mol. The number of nitrogens with one attached hydrogen (secondary N) is 1. The second kappa shape index (κ2) is 7.31. The summed E-state index contributed by atoms with van der Waals surface area (Å²) in [5.41, 5.74) is 2.68. The lowest BCUT2D eigenvalue weighted by molar-refractivity contribution is -0.384. The molecule has 0 spiro atoms. The first-order valence-corrected chi connectivity index (χ1v) is 8.39. The van der Waals surface area contributed by atoms with Crippen molar-refractivity contribution in [2.45, 2.75) is 32.9 Å². The van der Waals surface area contributed by atoms with Crippen LogP contribution in [-0.4, -0.2) is 17.6 Å². The number of benzene rings is 2. The van der Waals surface area contributed by atoms with Gasteiger partial charge < -0.3 is 14.8 Å². The first-order chi connectivity index (χ1) is 12.5. The minimum absolute atomic E-state index is 0.109. The summed E-state index contributed by atoms with van der Waals surface area (Å²) in [6.45, 7) is 4.90. The summed E-state index contributed by atoms with van der Waals surface area (Å²) in [5.74, 6) is 1.62. The van der Waals surface area contributed by atoms with Gasteiger partial charge in [0, 0.05) is 36.2 Å². The van der Waals surface area contributed by atoms with Gasteiger partial charge in [-0.3, -0.25) is 10.1 Å². The molecule has 26 heavy (non-hydrogen) atoms. The zero-order chi connectivity index (χ0) is 18.7. The minimum atomic E-state index is -0.517. The Hall–Kier alpha value is -3.27. The number of nitro benzene ring substituents is 1. The van der Waals surface area contributed by atoms with Crippen LogP contribution in [0.25, 0.3) is 0 Å². The Morgan fingerprint density at radius 1 is 1.42 bits per heavy atom. The van der Waals surface area contributed by atoms with Crippen LogP contribution in [0.3, 0.4) is 0 Å². The predicted octanol–water partition coefficient (Wildman–Crippen LogP) is 3.80. The van der Waals surface area contributed by atoms with E-state index < -0.39 is 4.92 Å². The van der Waals surface area contributed by atoms with Gasteiger partial charge in [0.15, 0.2) is 0 Å². The molecule has 7 heteroatoms. The molecule has 2 aromatic carbocycles. The lowest BCUT2D eigenvalue weighted by Gasteiger charge is -2.14. The average Bonchev–Trinajstić information content (AvgIpc) is 2.98. The van der Waals surface area contributed by atoms with Gasteiger partial charge in [-0.05, 0) is 32.0 Å². The van der Waals surface area contributed by atoms with Crippen LogP contribution in [0.15, 0.2) is 30.3 Å². The molecule has 2 aromatic rings. The molecule has 1 heterocycles. The average molecular weight is 353 g/mol. The highest BCUT2D eigenvalue weighted by atomic mass is 16.6. The number of fused-ring (bicyclic) bond motifs is 1. The summed E-state index contributed by atoms with van der Waals surface area (Å²) in [5, 5.41) is 23.3. The maximum Gasteiger partial charge on any atom is 0.270 e. The number of rotatable bonds is 6. The van der Waals surface area contributed by atoms with Gasteiger partial charge in [0.05, 0.1) is 22.8 Å². The number of hydrogen-bond donors (Lipinski definition) is 1. The molecule has 0 bridgehead atoms. The molecule has 0 saturated heterocycles. The Kier molecular flexibility index (Phi) is 4.94. The van der Waals surface area contributed by atoms with E-state index in [0.29, 0.717) is 18.8 Å². The molecule has 0 saturated carbocycles. The molecule has 1 aliphatic rings. The molecule has 1 N–H and O–H groups in total. The number of ether oxygens (including phenoxy) is 2. The second-order valence-electron chi connectivity index (χ2n) is 6.09. The third kappa shape index (κ3) is 3.54. The largest absolute Gasteiger partial charge is 0.494 e. The van der Waals surface area contributed by atoms with Crippen molar-refractivity contribution in [2.75, 3.05) is 11.9 Å². The van der Waals surface area contributed by atoms with E-state index in [0.717, 1.165) is 29.0 Å². The predicted molar refractivity (Wildman–Crippen MR) is 96.5 cm³/mol. The Morgan fingerprint density at radius 3 is 2.92 bits per heavy atom. The van der Waals surface area contributed by atoms with Crippen LogP contribution in [0, 0.1) is 21.4 Å². The molecule has 0 aromatic heterocycles. The topological polar surface area (TPSA) is 97.4 Å². The molecular formula is C19H19N3O4. The van der Waals surface area contributed by atoms with Crippen LogP contribution < -0.4 is 14.8 Å². The van der Waals surface area contributed by atoms with E-state index in [4.69, 9.17) is 9.47 Å². The van der Waals surface area contributed by atoms with Crippen LogP contribution in [-0.2, 0) is 13.0 Å². The molecular weight excluding hydrogens is 334 g/mol. The maximum atomic E-state index is 10.9. The summed E-state index contributed by atoms with van der Waals surface area (Å²) in [6, 6.07) is 10.1. The van der Waals surface area contributed by atoms with Crippen LogP contribution in [0.5, 0.6) is 11.5 Å². The van der Waals surface area contributed by atoms with Crippen LogP contribution in [0.4, 0.5) is 11.4 Å². The lowest BCUT2D eigenvalue weighted by Crippen LogP contribution is -2.06. The number of anilines is 1. The van der Waals surface area contributed by atoms with E-state index in [1.165, 1.54) is 12.1 Å². The number of non-ortho nitro benzene ring substituents is 1. The number of nitro groups is 1. The van der Waals surface area contributed by atoms with E-state index in [9.17, 15) is 15.4 Å². The normalized spacial score (nSPS) is 14.9. The maximum absolute atomic E-state index is 10.9. The molecule has 7 nitrogen and oxygen atoms in total. The summed E-state index contributed by atoms with van der Waals surface area (Å²) >= 11 is 0. The van der Waals surface area contributed by atoms with Gasteiger partial charge in [-0.25, -0.2) is 0 Å². The highest BCUT2D eigenvalue weighted by Gasteiger charge is 2.22. The van der Waals surface area contributed by atoms with E-state index in [1.54, 1.807) is 6.07 Å². The molecule has 1 atom stereocenters. The molecule has 0 fully saturated rings. The van der Waals surface area contributed by atoms with Gasteiger partial charge in [0.2, 0.25) is 0 Å². The van der Waals surface area contributed by atoms with Crippen molar-refractivity contribution in [1.29, 1.82) is 5.26 Å². The third-order valence-corrected chi connectivity index (χ3v) is 4.18. The summed E-state index contributed by atoms with van der Waals surface area (Å²) in [6.07, 6.45) is 0.992. The Labute approximate surface area is 151 Å². The van der Waals surface area contributed by atoms with E-state index in [-0.39, 0.29) is 17.4 Å². The molecule has 134 valence electrons. The first-order valence-electron chi connectivity index (χ1n) is 8.39. The van der Waals surface area contributed by atoms with Gasteiger partial charge >= 0.3 is 0 Å². The number of hydrogen-bond acceptors (Lipinski definition) is 6.